The van der Waals surface area contributed by atoms with Crippen LogP contribution in [-0.2, 0) is 4.79 Å². The molecule has 1 rings (SSSR count). The Labute approximate surface area is 96.5 Å². The average Bonchev–Trinajstić information content (AvgIpc) is 2.24. The molecule has 0 spiro atoms. The highest BCUT2D eigenvalue weighted by Crippen LogP contribution is 2.17. The minimum Gasteiger partial charge on any atom is -0.277 e. The van der Waals surface area contributed by atoms with E-state index < -0.39 is 17.7 Å². The Morgan fingerprint density at radius 1 is 1.18 bits per heavy atom. The number of hydrogen-bond donors (Lipinski definition) is 1. The van der Waals surface area contributed by atoms with Gasteiger partial charge in [-0.3, -0.25) is 4.79 Å². The second-order valence-electron chi connectivity index (χ2n) is 3.57. The van der Waals surface area contributed by atoms with Crippen molar-refractivity contribution >= 4 is 11.5 Å². The summed E-state index contributed by atoms with van der Waals surface area (Å²) in [5, 5.41) is 3.67. The van der Waals surface area contributed by atoms with Crippen molar-refractivity contribution in [1.29, 1.82) is 0 Å². The van der Waals surface area contributed by atoms with Crippen molar-refractivity contribution < 1.29 is 23.1 Å². The second-order valence-corrected chi connectivity index (χ2v) is 3.57. The molecule has 0 saturated carbocycles. The molecule has 0 bridgehead atoms. The molecule has 0 aliphatic carbocycles. The Bertz CT molecular complexity index is 424. The predicted octanol–water partition coefficient (Wildman–Crippen LogP) is 0.164. The first kappa shape index (κ1) is 13.2. The van der Waals surface area contributed by atoms with Gasteiger partial charge in [0.05, 0.1) is 19.7 Å². The van der Waals surface area contributed by atoms with E-state index in [1.165, 1.54) is 31.2 Å². The van der Waals surface area contributed by atoms with Gasteiger partial charge >= 0.3 is 12.0 Å². The van der Waals surface area contributed by atoms with Crippen LogP contribution in [0.4, 0.5) is 13.2 Å². The Morgan fingerprint density at radius 3 is 2.12 bits per heavy atom. The first-order valence-electron chi connectivity index (χ1n) is 4.80. The lowest BCUT2D eigenvalue weighted by Gasteiger charge is -2.06. The summed E-state index contributed by atoms with van der Waals surface area (Å²) in [6, 6.07) is 7.67. The molecule has 1 aromatic rings. The number of carbonyl (C=O) groups is 1. The van der Waals surface area contributed by atoms with Crippen LogP contribution in [0.15, 0.2) is 30.3 Å². The molecular weight excluding hydrogens is 233 g/mol. The number of Topliss-reactive ketones (excluding diaryl/α,β-unsaturated/α-hetero) is 1. The van der Waals surface area contributed by atoms with E-state index >= 15 is 0 Å². The van der Waals surface area contributed by atoms with Gasteiger partial charge in [0, 0.05) is 0 Å². The standard InChI is InChI=1S/C11H11F3N2O/c1-16(2)15-9(10(17)11(12,13)14)8-6-4-3-5-7-8/h3-7H,1-2H3/p+1. The van der Waals surface area contributed by atoms with Gasteiger partial charge in [-0.15, -0.1) is 5.10 Å². The van der Waals surface area contributed by atoms with Crippen LogP contribution in [-0.4, -0.2) is 36.8 Å². The van der Waals surface area contributed by atoms with Gasteiger partial charge in [0.25, 0.3) is 5.71 Å². The Hall–Kier alpha value is -1.85. The van der Waals surface area contributed by atoms with Crippen molar-refractivity contribution in [2.75, 3.05) is 14.1 Å². The van der Waals surface area contributed by atoms with E-state index in [1.54, 1.807) is 18.2 Å². The molecule has 0 atom stereocenters. The van der Waals surface area contributed by atoms with Crippen molar-refractivity contribution in [1.82, 2.24) is 5.01 Å². The Kier molecular flexibility index (Phi) is 3.88. The van der Waals surface area contributed by atoms with Crippen molar-refractivity contribution in [3.63, 3.8) is 0 Å². The fraction of sp³-hybridized carbons (Fsp3) is 0.273. The highest BCUT2D eigenvalue weighted by Gasteiger charge is 2.45. The fourth-order valence-corrected chi connectivity index (χ4v) is 1.22. The number of nitrogens with one attached hydrogen (secondary N) is 1. The molecule has 1 N–H and O–H groups in total. The molecule has 0 fully saturated rings. The van der Waals surface area contributed by atoms with E-state index in [1.807, 2.05) is 0 Å². The van der Waals surface area contributed by atoms with Crippen LogP contribution in [0.5, 0.6) is 0 Å². The number of carbonyl (C=O) groups excluding carboxylic acids is 1. The molecule has 17 heavy (non-hydrogen) atoms. The highest BCUT2D eigenvalue weighted by molar-refractivity contribution is 6.45. The van der Waals surface area contributed by atoms with Crippen molar-refractivity contribution in [3.8, 4) is 0 Å². The first-order valence-corrected chi connectivity index (χ1v) is 4.80. The number of hydrogen-bond acceptors (Lipinski definition) is 2. The number of alkyl halides is 3. The van der Waals surface area contributed by atoms with E-state index in [0.717, 1.165) is 0 Å². The summed E-state index contributed by atoms with van der Waals surface area (Å²) in [7, 11) is 3.01. The predicted molar refractivity (Wildman–Crippen MR) is 56.3 cm³/mol. The molecule has 0 radical (unpaired) electrons. The first-order chi connectivity index (χ1) is 7.82. The molecule has 0 aliphatic rings. The molecule has 0 aliphatic heterocycles. The maximum atomic E-state index is 12.4. The lowest BCUT2D eigenvalue weighted by atomic mass is 10.1. The van der Waals surface area contributed by atoms with Gasteiger partial charge < -0.3 is 0 Å². The maximum Gasteiger partial charge on any atom is 0.461 e. The monoisotopic (exact) mass is 245 g/mol. The van der Waals surface area contributed by atoms with Gasteiger partial charge in [0.1, 0.15) is 0 Å². The topological polar surface area (TPSA) is 34.3 Å². The molecule has 6 heteroatoms. The van der Waals surface area contributed by atoms with Gasteiger partial charge in [-0.25, -0.2) is 0 Å². The van der Waals surface area contributed by atoms with Gasteiger partial charge in [0.15, 0.2) is 0 Å². The van der Waals surface area contributed by atoms with Crippen LogP contribution >= 0.6 is 0 Å². The molecular formula is C11H12F3N2O+. The smallest absolute Gasteiger partial charge is 0.277 e. The van der Waals surface area contributed by atoms with Crippen LogP contribution in [0.1, 0.15) is 5.56 Å². The zero-order chi connectivity index (χ0) is 13.1. The highest BCUT2D eigenvalue weighted by atomic mass is 19.4. The number of benzene rings is 1. The van der Waals surface area contributed by atoms with Crippen LogP contribution in [0.3, 0.4) is 0 Å². The van der Waals surface area contributed by atoms with Crippen molar-refractivity contribution in [2.45, 2.75) is 6.18 Å². The summed E-state index contributed by atoms with van der Waals surface area (Å²) < 4.78 is 37.2. The number of rotatable bonds is 3. The largest absolute Gasteiger partial charge is 0.461 e. The summed E-state index contributed by atoms with van der Waals surface area (Å²) >= 11 is 0. The fourth-order valence-electron chi connectivity index (χ4n) is 1.22. The van der Waals surface area contributed by atoms with E-state index in [9.17, 15) is 18.0 Å². The average molecular weight is 245 g/mol. The van der Waals surface area contributed by atoms with E-state index in [-0.39, 0.29) is 5.56 Å². The number of hydrazine groups is 1. The third-order valence-corrected chi connectivity index (χ3v) is 1.88. The lowest BCUT2D eigenvalue weighted by molar-refractivity contribution is -0.629. The van der Waals surface area contributed by atoms with Crippen LogP contribution < -0.4 is 5.10 Å². The zero-order valence-electron chi connectivity index (χ0n) is 9.38. The van der Waals surface area contributed by atoms with E-state index in [2.05, 4.69) is 5.10 Å². The molecule has 92 valence electrons. The molecule has 3 nitrogen and oxygen atoms in total. The maximum absolute atomic E-state index is 12.4. The molecule has 0 heterocycles. The summed E-state index contributed by atoms with van der Waals surface area (Å²) in [4.78, 5) is 11.2. The summed E-state index contributed by atoms with van der Waals surface area (Å²) in [5.41, 5.74) is -0.286. The second kappa shape index (κ2) is 4.99. The zero-order valence-corrected chi connectivity index (χ0v) is 9.38. The molecule has 0 saturated heterocycles. The van der Waals surface area contributed by atoms with Crippen LogP contribution in [0.25, 0.3) is 0 Å². The quantitative estimate of drug-likeness (QED) is 0.608. The molecule has 0 amide bonds. The number of hydrazone groups is 1. The third-order valence-electron chi connectivity index (χ3n) is 1.88. The van der Waals surface area contributed by atoms with E-state index in [4.69, 9.17) is 0 Å². The van der Waals surface area contributed by atoms with Gasteiger partial charge in [-0.1, -0.05) is 18.2 Å². The molecule has 0 aromatic heterocycles. The molecule has 1 aromatic carbocycles. The number of halogens is 3. The Balaban J connectivity index is 3.20. The third kappa shape index (κ3) is 3.58. The summed E-state index contributed by atoms with van der Waals surface area (Å²) in [6.07, 6.45) is -4.89. The summed E-state index contributed by atoms with van der Waals surface area (Å²) in [5.74, 6) is -1.89. The Morgan fingerprint density at radius 2 is 1.71 bits per heavy atom. The minimum absolute atomic E-state index is 0.198. The van der Waals surface area contributed by atoms with Crippen LogP contribution in [0.2, 0.25) is 0 Å². The van der Waals surface area contributed by atoms with Gasteiger partial charge in [-0.2, -0.15) is 18.2 Å². The number of nitrogens with zero attached hydrogens (tertiary/aromatic N) is 1. The van der Waals surface area contributed by atoms with E-state index in [0.29, 0.717) is 0 Å². The lowest BCUT2D eigenvalue weighted by Crippen LogP contribution is -2.83. The summed E-state index contributed by atoms with van der Waals surface area (Å²) in [6.45, 7) is 0. The van der Waals surface area contributed by atoms with Crippen molar-refractivity contribution in [3.05, 3.63) is 35.9 Å². The SMILES string of the molecule is CN(C)[NH+]=C(C(=O)C(F)(F)F)c1ccccc1. The minimum atomic E-state index is -4.89. The normalized spacial score (nSPS) is 12.4. The molecule has 0 unspecified atom stereocenters. The number of ketones is 1. The van der Waals surface area contributed by atoms with Gasteiger partial charge in [-0.05, 0) is 12.1 Å². The van der Waals surface area contributed by atoms with Crippen molar-refractivity contribution in [2.24, 2.45) is 0 Å². The van der Waals surface area contributed by atoms with Gasteiger partial charge in [0.2, 0.25) is 0 Å². The van der Waals surface area contributed by atoms with Crippen LogP contribution in [0, 0.1) is 0 Å².